The van der Waals surface area contributed by atoms with E-state index in [1.807, 2.05) is 17.9 Å². The third kappa shape index (κ3) is 2.61. The molecular weight excluding hydrogens is 294 g/mol. The van der Waals surface area contributed by atoms with Crippen LogP contribution in [0.5, 0.6) is 0 Å². The van der Waals surface area contributed by atoms with Crippen molar-refractivity contribution in [2.75, 3.05) is 36.8 Å². The Kier molecular flexibility index (Phi) is 3.80. The van der Waals surface area contributed by atoms with E-state index in [1.54, 1.807) is 6.92 Å². The first kappa shape index (κ1) is 13.2. The summed E-state index contributed by atoms with van der Waals surface area (Å²) < 4.78 is 1.02. The number of nitrogens with zero attached hydrogens (tertiary/aromatic N) is 2. The molecule has 0 aliphatic carbocycles. The van der Waals surface area contributed by atoms with E-state index in [4.69, 9.17) is 5.73 Å². The molecule has 0 saturated carbocycles. The highest BCUT2D eigenvalue weighted by Gasteiger charge is 2.20. The molecule has 5 heteroatoms. The maximum Gasteiger partial charge on any atom is 0.219 e. The molecule has 1 aromatic carbocycles. The van der Waals surface area contributed by atoms with Crippen molar-refractivity contribution < 1.29 is 4.79 Å². The van der Waals surface area contributed by atoms with Crippen LogP contribution in [0.4, 0.5) is 11.4 Å². The summed E-state index contributed by atoms with van der Waals surface area (Å²) in [6.07, 6.45) is 0. The number of halogens is 1. The lowest BCUT2D eigenvalue weighted by Crippen LogP contribution is -2.48. The van der Waals surface area contributed by atoms with Crippen molar-refractivity contribution in [2.45, 2.75) is 13.8 Å². The molecule has 0 unspecified atom stereocenters. The molecule has 1 aromatic rings. The average Bonchev–Trinajstić information content (AvgIpc) is 2.34. The summed E-state index contributed by atoms with van der Waals surface area (Å²) in [7, 11) is 0. The summed E-state index contributed by atoms with van der Waals surface area (Å²) in [4.78, 5) is 15.5. The van der Waals surface area contributed by atoms with Crippen molar-refractivity contribution in [3.05, 3.63) is 22.2 Å². The van der Waals surface area contributed by atoms with Gasteiger partial charge in [0.1, 0.15) is 0 Å². The van der Waals surface area contributed by atoms with Crippen molar-refractivity contribution in [3.63, 3.8) is 0 Å². The minimum atomic E-state index is 0.155. The minimum Gasteiger partial charge on any atom is -0.398 e. The van der Waals surface area contributed by atoms with Gasteiger partial charge in [-0.15, -0.1) is 0 Å². The van der Waals surface area contributed by atoms with Gasteiger partial charge in [-0.3, -0.25) is 4.79 Å². The number of rotatable bonds is 1. The molecular formula is C13H18BrN3O. The summed E-state index contributed by atoms with van der Waals surface area (Å²) in [6.45, 7) is 6.93. The molecule has 0 radical (unpaired) electrons. The maximum atomic E-state index is 11.3. The Labute approximate surface area is 116 Å². The number of anilines is 2. The Hall–Kier alpha value is -1.23. The number of hydrogen-bond acceptors (Lipinski definition) is 3. The zero-order chi connectivity index (χ0) is 13.3. The number of nitrogens with two attached hydrogens (primary N) is 1. The number of benzene rings is 1. The van der Waals surface area contributed by atoms with Crippen molar-refractivity contribution in [1.29, 1.82) is 0 Å². The molecule has 2 N–H and O–H groups in total. The van der Waals surface area contributed by atoms with Crippen LogP contribution < -0.4 is 10.6 Å². The topological polar surface area (TPSA) is 49.6 Å². The van der Waals surface area contributed by atoms with E-state index >= 15 is 0 Å². The quantitative estimate of drug-likeness (QED) is 0.807. The third-order valence-electron chi connectivity index (χ3n) is 3.40. The maximum absolute atomic E-state index is 11.3. The Morgan fingerprint density at radius 1 is 1.28 bits per heavy atom. The van der Waals surface area contributed by atoms with Gasteiger partial charge in [-0.2, -0.15) is 0 Å². The van der Waals surface area contributed by atoms with E-state index in [1.165, 1.54) is 0 Å². The number of hydrogen-bond donors (Lipinski definition) is 1. The number of aryl methyl sites for hydroxylation is 1. The number of piperazine rings is 1. The summed E-state index contributed by atoms with van der Waals surface area (Å²) in [5, 5.41) is 0. The minimum absolute atomic E-state index is 0.155. The lowest BCUT2D eigenvalue weighted by Gasteiger charge is -2.36. The Morgan fingerprint density at radius 3 is 2.44 bits per heavy atom. The van der Waals surface area contributed by atoms with Gasteiger partial charge in [0.15, 0.2) is 0 Å². The molecule has 0 spiro atoms. The van der Waals surface area contributed by atoms with Crippen LogP contribution in [-0.2, 0) is 4.79 Å². The van der Waals surface area contributed by atoms with Gasteiger partial charge in [0.2, 0.25) is 5.91 Å². The van der Waals surface area contributed by atoms with Crippen LogP contribution in [0, 0.1) is 6.92 Å². The van der Waals surface area contributed by atoms with Gasteiger partial charge >= 0.3 is 0 Å². The molecule has 98 valence electrons. The Balaban J connectivity index is 2.15. The highest BCUT2D eigenvalue weighted by Crippen LogP contribution is 2.31. The van der Waals surface area contributed by atoms with Crippen LogP contribution >= 0.6 is 15.9 Å². The van der Waals surface area contributed by atoms with Crippen LogP contribution in [0.2, 0.25) is 0 Å². The van der Waals surface area contributed by atoms with Crippen LogP contribution in [0.25, 0.3) is 0 Å². The average molecular weight is 312 g/mol. The molecule has 1 amide bonds. The van der Waals surface area contributed by atoms with Crippen LogP contribution in [0.3, 0.4) is 0 Å². The van der Waals surface area contributed by atoms with Crippen molar-refractivity contribution >= 4 is 33.2 Å². The predicted molar refractivity (Wildman–Crippen MR) is 77.8 cm³/mol. The van der Waals surface area contributed by atoms with Gasteiger partial charge in [0.25, 0.3) is 0 Å². The van der Waals surface area contributed by atoms with Crippen molar-refractivity contribution in [1.82, 2.24) is 4.90 Å². The molecule has 1 aliphatic rings. The SMILES string of the molecule is CC(=O)N1CCN(c2cc(C)c(N)cc2Br)CC1. The Bertz CT molecular complexity index is 468. The molecule has 18 heavy (non-hydrogen) atoms. The molecule has 1 heterocycles. The number of carbonyl (C=O) groups is 1. The Morgan fingerprint density at radius 2 is 1.89 bits per heavy atom. The highest BCUT2D eigenvalue weighted by molar-refractivity contribution is 9.10. The van der Waals surface area contributed by atoms with E-state index < -0.39 is 0 Å². The fraction of sp³-hybridized carbons (Fsp3) is 0.462. The molecule has 0 aromatic heterocycles. The molecule has 2 rings (SSSR count). The van der Waals surface area contributed by atoms with Crippen molar-refractivity contribution in [3.8, 4) is 0 Å². The van der Waals surface area contributed by atoms with Crippen LogP contribution in [0.1, 0.15) is 12.5 Å². The predicted octanol–water partition coefficient (Wildman–Crippen LogP) is 2.01. The van der Waals surface area contributed by atoms with E-state index in [0.717, 1.165) is 47.6 Å². The van der Waals surface area contributed by atoms with Gasteiger partial charge in [-0.1, -0.05) is 0 Å². The van der Waals surface area contributed by atoms with Crippen LogP contribution in [0.15, 0.2) is 16.6 Å². The van der Waals surface area contributed by atoms with E-state index in [2.05, 4.69) is 26.9 Å². The highest BCUT2D eigenvalue weighted by atomic mass is 79.9. The van der Waals surface area contributed by atoms with E-state index in [9.17, 15) is 4.79 Å². The van der Waals surface area contributed by atoms with Gasteiger partial charge in [0, 0.05) is 43.3 Å². The first-order valence-corrected chi connectivity index (χ1v) is 6.84. The van der Waals surface area contributed by atoms with Gasteiger partial charge in [-0.05, 0) is 40.5 Å². The van der Waals surface area contributed by atoms with E-state index in [-0.39, 0.29) is 5.91 Å². The molecule has 0 atom stereocenters. The van der Waals surface area contributed by atoms with Gasteiger partial charge < -0.3 is 15.5 Å². The standard InChI is InChI=1S/C13H18BrN3O/c1-9-7-13(11(14)8-12(9)15)17-5-3-16(4-6-17)10(2)18/h7-8H,3-6,15H2,1-2H3. The zero-order valence-corrected chi connectivity index (χ0v) is 12.3. The lowest BCUT2D eigenvalue weighted by molar-refractivity contribution is -0.129. The fourth-order valence-electron chi connectivity index (χ4n) is 2.19. The van der Waals surface area contributed by atoms with Gasteiger partial charge in [0.05, 0.1) is 5.69 Å². The number of amides is 1. The second kappa shape index (κ2) is 5.18. The fourth-order valence-corrected chi connectivity index (χ4v) is 2.80. The molecule has 1 saturated heterocycles. The molecule has 0 bridgehead atoms. The number of carbonyl (C=O) groups excluding carboxylic acids is 1. The second-order valence-electron chi connectivity index (χ2n) is 4.65. The smallest absolute Gasteiger partial charge is 0.219 e. The summed E-state index contributed by atoms with van der Waals surface area (Å²) >= 11 is 3.56. The molecule has 1 fully saturated rings. The summed E-state index contributed by atoms with van der Waals surface area (Å²) in [6, 6.07) is 4.05. The molecule has 1 aliphatic heterocycles. The second-order valence-corrected chi connectivity index (χ2v) is 5.51. The first-order chi connectivity index (χ1) is 8.49. The van der Waals surface area contributed by atoms with Gasteiger partial charge in [-0.25, -0.2) is 0 Å². The van der Waals surface area contributed by atoms with Crippen LogP contribution in [-0.4, -0.2) is 37.0 Å². The normalized spacial score (nSPS) is 15.9. The lowest BCUT2D eigenvalue weighted by atomic mass is 10.1. The summed E-state index contributed by atoms with van der Waals surface area (Å²) in [5.74, 6) is 0.155. The van der Waals surface area contributed by atoms with Crippen molar-refractivity contribution in [2.24, 2.45) is 0 Å². The zero-order valence-electron chi connectivity index (χ0n) is 10.7. The summed E-state index contributed by atoms with van der Waals surface area (Å²) in [5.41, 5.74) is 8.92. The third-order valence-corrected chi connectivity index (χ3v) is 4.04. The largest absolute Gasteiger partial charge is 0.398 e. The first-order valence-electron chi connectivity index (χ1n) is 6.05. The number of nitrogen functional groups attached to an aromatic ring is 1. The monoisotopic (exact) mass is 311 g/mol. The molecule has 4 nitrogen and oxygen atoms in total. The van der Waals surface area contributed by atoms with E-state index in [0.29, 0.717) is 0 Å².